The van der Waals surface area contributed by atoms with E-state index >= 15 is 0 Å². The molecular formula is C21H42NO5PSi. The lowest BCUT2D eigenvalue weighted by atomic mass is 10.0. The predicted octanol–water partition coefficient (Wildman–Crippen LogP) is 5.50. The van der Waals surface area contributed by atoms with Crippen LogP contribution in [0, 0.1) is 5.92 Å². The number of ether oxygens (including phenoxy) is 1. The van der Waals surface area contributed by atoms with Crippen molar-refractivity contribution in [1.82, 2.24) is 4.67 Å². The van der Waals surface area contributed by atoms with Crippen molar-refractivity contribution in [2.24, 2.45) is 5.92 Å². The zero-order valence-electron chi connectivity index (χ0n) is 19.9. The summed E-state index contributed by atoms with van der Waals surface area (Å²) in [4.78, 5) is 12.0. The minimum absolute atomic E-state index is 0.0224. The second-order valence-corrected chi connectivity index (χ2v) is 16.0. The highest BCUT2D eigenvalue weighted by Crippen LogP contribution is 2.47. The lowest BCUT2D eigenvalue weighted by Gasteiger charge is -2.37. The first kappa shape index (κ1) is 26.7. The van der Waals surface area contributed by atoms with E-state index in [1.807, 2.05) is 0 Å². The van der Waals surface area contributed by atoms with Gasteiger partial charge in [-0.05, 0) is 45.8 Å². The summed E-state index contributed by atoms with van der Waals surface area (Å²) >= 11 is 0. The summed E-state index contributed by atoms with van der Waals surface area (Å²) in [6.45, 7) is 24.6. The Hall–Kier alpha value is -0.303. The third kappa shape index (κ3) is 8.04. The van der Waals surface area contributed by atoms with Gasteiger partial charge in [0.15, 0.2) is 8.32 Å². The second kappa shape index (κ2) is 11.4. The molecule has 29 heavy (non-hydrogen) atoms. The Morgan fingerprint density at radius 2 is 1.79 bits per heavy atom. The number of esters is 1. The zero-order chi connectivity index (χ0) is 22.4. The van der Waals surface area contributed by atoms with E-state index in [1.165, 1.54) is 0 Å². The van der Waals surface area contributed by atoms with Gasteiger partial charge in [-0.1, -0.05) is 26.8 Å². The number of hydrogen-bond donors (Lipinski definition) is 0. The summed E-state index contributed by atoms with van der Waals surface area (Å²) in [6, 6.07) is 0.565. The van der Waals surface area contributed by atoms with Crippen LogP contribution in [0.25, 0.3) is 0 Å². The van der Waals surface area contributed by atoms with Crippen LogP contribution in [0.1, 0.15) is 54.9 Å². The van der Waals surface area contributed by atoms with Gasteiger partial charge in [0.2, 0.25) is 0 Å². The summed E-state index contributed by atoms with van der Waals surface area (Å²) in [5, 5.41) is 0.115. The first-order valence-corrected chi connectivity index (χ1v) is 14.6. The number of carbonyl (C=O) groups is 1. The number of hydrogen-bond acceptors (Lipinski definition) is 6. The van der Waals surface area contributed by atoms with Gasteiger partial charge < -0.3 is 18.2 Å². The van der Waals surface area contributed by atoms with Gasteiger partial charge in [-0.15, -0.1) is 6.58 Å². The van der Waals surface area contributed by atoms with Crippen LogP contribution < -0.4 is 0 Å². The summed E-state index contributed by atoms with van der Waals surface area (Å²) in [6.07, 6.45) is 1.83. The van der Waals surface area contributed by atoms with Crippen LogP contribution in [-0.4, -0.2) is 57.0 Å². The molecule has 0 aromatic heterocycles. The van der Waals surface area contributed by atoms with E-state index in [9.17, 15) is 4.79 Å². The monoisotopic (exact) mass is 447 g/mol. The van der Waals surface area contributed by atoms with Gasteiger partial charge in [-0.2, -0.15) is 0 Å². The number of rotatable bonds is 12. The molecule has 0 aliphatic carbocycles. The molecule has 0 N–H and O–H groups in total. The highest BCUT2D eigenvalue weighted by atomic mass is 31.2. The van der Waals surface area contributed by atoms with E-state index in [1.54, 1.807) is 6.08 Å². The van der Waals surface area contributed by atoms with Crippen molar-refractivity contribution in [2.45, 2.75) is 91.2 Å². The number of cyclic esters (lactones) is 1. The SMILES string of the molecule is C=CCOP(OC[C@H]1CC(=O)O[C@@H]1CO[Si](C)(C)C(C)(C)C)N(C(C)C)C(C)C. The average Bonchev–Trinajstić information content (AvgIpc) is 2.93. The molecule has 0 aromatic rings. The van der Waals surface area contributed by atoms with Gasteiger partial charge in [-0.25, -0.2) is 4.67 Å². The minimum atomic E-state index is -1.91. The highest BCUT2D eigenvalue weighted by molar-refractivity contribution is 7.44. The molecule has 1 saturated heterocycles. The van der Waals surface area contributed by atoms with Gasteiger partial charge in [-0.3, -0.25) is 4.79 Å². The maximum Gasteiger partial charge on any atom is 0.306 e. The van der Waals surface area contributed by atoms with Crippen LogP contribution in [0.4, 0.5) is 0 Å². The summed E-state index contributed by atoms with van der Waals surface area (Å²) in [5.74, 6) is -0.200. The third-order valence-electron chi connectivity index (χ3n) is 5.60. The smallest absolute Gasteiger partial charge is 0.306 e. The Labute approximate surface area is 180 Å². The van der Waals surface area contributed by atoms with Gasteiger partial charge in [0, 0.05) is 18.0 Å². The summed E-state index contributed by atoms with van der Waals surface area (Å²) < 4.78 is 26.3. The highest BCUT2D eigenvalue weighted by Gasteiger charge is 2.41. The molecule has 0 bridgehead atoms. The van der Waals surface area contributed by atoms with Crippen molar-refractivity contribution in [1.29, 1.82) is 0 Å². The molecule has 0 radical (unpaired) electrons. The molecular weight excluding hydrogens is 405 g/mol. The molecule has 8 heteroatoms. The lowest BCUT2D eigenvalue weighted by molar-refractivity contribution is -0.142. The first-order valence-electron chi connectivity index (χ1n) is 10.6. The second-order valence-electron chi connectivity index (χ2n) is 9.75. The fraction of sp³-hybridized carbons (Fsp3) is 0.857. The molecule has 6 nitrogen and oxygen atoms in total. The molecule has 0 aromatic carbocycles. The molecule has 1 unspecified atom stereocenters. The van der Waals surface area contributed by atoms with Gasteiger partial charge >= 0.3 is 5.97 Å². The molecule has 1 aliphatic heterocycles. The van der Waals surface area contributed by atoms with E-state index in [0.29, 0.717) is 26.2 Å². The molecule has 0 saturated carbocycles. The van der Waals surface area contributed by atoms with Crippen molar-refractivity contribution in [2.75, 3.05) is 19.8 Å². The molecule has 0 spiro atoms. The zero-order valence-corrected chi connectivity index (χ0v) is 21.8. The topological polar surface area (TPSA) is 57.2 Å². The molecule has 1 rings (SSSR count). The van der Waals surface area contributed by atoms with Gasteiger partial charge in [0.05, 0.1) is 26.2 Å². The Balaban J connectivity index is 2.78. The molecule has 3 atom stereocenters. The Morgan fingerprint density at radius 3 is 2.28 bits per heavy atom. The van der Waals surface area contributed by atoms with E-state index < -0.39 is 16.8 Å². The van der Waals surface area contributed by atoms with Crippen LogP contribution in [0.3, 0.4) is 0 Å². The van der Waals surface area contributed by atoms with Crippen LogP contribution >= 0.6 is 8.53 Å². The maximum absolute atomic E-state index is 12.0. The fourth-order valence-corrected chi connectivity index (χ4v) is 5.58. The molecule has 1 aliphatic rings. The fourth-order valence-electron chi connectivity index (χ4n) is 2.92. The molecule has 0 amide bonds. The van der Waals surface area contributed by atoms with Crippen molar-refractivity contribution in [3.63, 3.8) is 0 Å². The van der Waals surface area contributed by atoms with Crippen LogP contribution in [0.2, 0.25) is 18.1 Å². The largest absolute Gasteiger partial charge is 0.460 e. The van der Waals surface area contributed by atoms with Crippen LogP contribution in [0.5, 0.6) is 0 Å². The van der Waals surface area contributed by atoms with E-state index in [2.05, 4.69) is 72.8 Å². The van der Waals surface area contributed by atoms with Crippen molar-refractivity contribution < 1.29 is 23.0 Å². The standard InChI is InChI=1S/C21H42NO5PSi/c1-11-12-24-28(22(16(2)3)17(4)5)25-14-18-13-20(23)27-19(18)15-26-29(9,10)21(6,7)8/h11,16-19H,1,12-15H2,2-10H3/t18-,19-,28?/m1/s1. The van der Waals surface area contributed by atoms with Crippen LogP contribution in [-0.2, 0) is 23.0 Å². The number of carbonyl (C=O) groups excluding carboxylic acids is 1. The summed E-state index contributed by atoms with van der Waals surface area (Å²) in [7, 11) is -3.15. The van der Waals surface area contributed by atoms with Crippen molar-refractivity contribution >= 4 is 22.8 Å². The predicted molar refractivity (Wildman–Crippen MR) is 122 cm³/mol. The van der Waals surface area contributed by atoms with Crippen molar-refractivity contribution in [3.05, 3.63) is 12.7 Å². The van der Waals surface area contributed by atoms with Crippen molar-refractivity contribution in [3.8, 4) is 0 Å². The summed E-state index contributed by atoms with van der Waals surface area (Å²) in [5.41, 5.74) is 0. The average molecular weight is 448 g/mol. The maximum atomic E-state index is 12.0. The Morgan fingerprint density at radius 1 is 1.21 bits per heavy atom. The third-order valence-corrected chi connectivity index (χ3v) is 12.1. The number of nitrogens with zero attached hydrogens (tertiary/aromatic N) is 1. The lowest BCUT2D eigenvalue weighted by Crippen LogP contribution is -2.43. The van der Waals surface area contributed by atoms with Gasteiger partial charge in [0.25, 0.3) is 8.53 Å². The minimum Gasteiger partial charge on any atom is -0.460 e. The molecule has 170 valence electrons. The van der Waals surface area contributed by atoms with E-state index in [4.69, 9.17) is 18.2 Å². The quantitative estimate of drug-likeness (QED) is 0.170. The molecule has 1 heterocycles. The normalized spacial score (nSPS) is 21.9. The van der Waals surface area contributed by atoms with E-state index in [-0.39, 0.29) is 35.1 Å². The first-order chi connectivity index (χ1) is 13.3. The van der Waals surface area contributed by atoms with Gasteiger partial charge in [0.1, 0.15) is 6.10 Å². The Kier molecular flexibility index (Phi) is 10.5. The molecule has 1 fully saturated rings. The van der Waals surface area contributed by atoms with Crippen LogP contribution in [0.15, 0.2) is 12.7 Å². The van der Waals surface area contributed by atoms with E-state index in [0.717, 1.165) is 0 Å². The Bertz CT molecular complexity index is 528.